The summed E-state index contributed by atoms with van der Waals surface area (Å²) in [6.07, 6.45) is 4.68. The third-order valence-electron chi connectivity index (χ3n) is 3.05. The number of aliphatic hydroxyl groups is 1. The van der Waals surface area contributed by atoms with Gasteiger partial charge in [-0.25, -0.2) is 0 Å². The molecule has 1 amide bonds. The van der Waals surface area contributed by atoms with Gasteiger partial charge in [0.2, 0.25) is 5.91 Å². The van der Waals surface area contributed by atoms with Crippen molar-refractivity contribution in [3.8, 4) is 5.75 Å². The molecule has 0 radical (unpaired) electrons. The van der Waals surface area contributed by atoms with Gasteiger partial charge in [0.25, 0.3) is 0 Å². The monoisotopic (exact) mass is 306 g/mol. The summed E-state index contributed by atoms with van der Waals surface area (Å²) in [6.45, 7) is 5.46. The van der Waals surface area contributed by atoms with E-state index in [-0.39, 0.29) is 12.5 Å². The van der Waals surface area contributed by atoms with Crippen molar-refractivity contribution >= 4 is 17.7 Å². The van der Waals surface area contributed by atoms with Crippen LogP contribution in [0, 0.1) is 5.92 Å². The predicted molar refractivity (Wildman–Crippen MR) is 89.6 cm³/mol. The number of ether oxygens (including phenoxy) is 1. The zero-order valence-corrected chi connectivity index (χ0v) is 13.3. The van der Waals surface area contributed by atoms with Gasteiger partial charge in [-0.05, 0) is 42.5 Å². The number of carbonyl (C=O) groups excluding carboxylic acids is 1. The van der Waals surface area contributed by atoms with E-state index in [4.69, 9.17) is 15.6 Å². The highest BCUT2D eigenvalue weighted by Crippen LogP contribution is 2.23. The van der Waals surface area contributed by atoms with Gasteiger partial charge >= 0.3 is 0 Å². The van der Waals surface area contributed by atoms with Crippen LogP contribution in [0.5, 0.6) is 5.75 Å². The Hall–Kier alpha value is -2.01. The fraction of sp³-hybridized carbons (Fsp3) is 0.471. The lowest BCUT2D eigenvalue weighted by atomic mass is 10.1. The number of hydrogen-bond donors (Lipinski definition) is 3. The molecule has 0 aliphatic carbocycles. The zero-order valence-electron chi connectivity index (χ0n) is 13.3. The summed E-state index contributed by atoms with van der Waals surface area (Å²) in [5, 5.41) is 11.3. The lowest BCUT2D eigenvalue weighted by Gasteiger charge is -2.10. The van der Waals surface area contributed by atoms with Gasteiger partial charge in [0.1, 0.15) is 5.75 Å². The standard InChI is InChI=1S/C17H26N2O3/c1-13(2)8-11-22-16-6-4-14(12-15(16)18)5-7-17(21)19-9-3-10-20/h4-7,12-13,20H,3,8-11,18H2,1-2H3,(H,19,21)/b7-5-. The molecular formula is C17H26N2O3. The first-order valence-electron chi connectivity index (χ1n) is 7.62. The quantitative estimate of drug-likeness (QED) is 0.371. The summed E-state index contributed by atoms with van der Waals surface area (Å²) in [4.78, 5) is 11.5. The molecule has 4 N–H and O–H groups in total. The molecule has 1 rings (SSSR count). The number of benzene rings is 1. The van der Waals surface area contributed by atoms with Crippen molar-refractivity contribution in [2.24, 2.45) is 5.92 Å². The second-order valence-electron chi connectivity index (χ2n) is 5.53. The molecule has 5 nitrogen and oxygen atoms in total. The van der Waals surface area contributed by atoms with Gasteiger partial charge in [-0.1, -0.05) is 19.9 Å². The van der Waals surface area contributed by atoms with Crippen molar-refractivity contribution in [2.75, 3.05) is 25.5 Å². The van der Waals surface area contributed by atoms with E-state index in [9.17, 15) is 4.79 Å². The van der Waals surface area contributed by atoms with Gasteiger partial charge < -0.3 is 20.9 Å². The smallest absolute Gasteiger partial charge is 0.244 e. The van der Waals surface area contributed by atoms with E-state index in [2.05, 4.69) is 19.2 Å². The van der Waals surface area contributed by atoms with E-state index in [1.54, 1.807) is 12.1 Å². The number of nitrogens with two attached hydrogens (primary N) is 1. The highest BCUT2D eigenvalue weighted by molar-refractivity contribution is 5.91. The average molecular weight is 306 g/mol. The zero-order chi connectivity index (χ0) is 16.4. The van der Waals surface area contributed by atoms with Gasteiger partial charge in [0.15, 0.2) is 0 Å². The van der Waals surface area contributed by atoms with Crippen LogP contribution in [0.15, 0.2) is 24.3 Å². The molecule has 0 atom stereocenters. The summed E-state index contributed by atoms with van der Waals surface area (Å²) >= 11 is 0. The van der Waals surface area contributed by atoms with Gasteiger partial charge in [0, 0.05) is 19.2 Å². The Labute approximate surface area is 132 Å². The van der Waals surface area contributed by atoms with Crippen LogP contribution in [-0.4, -0.2) is 30.8 Å². The second-order valence-corrected chi connectivity index (χ2v) is 5.53. The molecule has 5 heteroatoms. The third-order valence-corrected chi connectivity index (χ3v) is 3.05. The normalized spacial score (nSPS) is 11.1. The Balaban J connectivity index is 2.52. The lowest BCUT2D eigenvalue weighted by molar-refractivity contribution is -0.116. The number of nitrogens with one attached hydrogen (secondary N) is 1. The molecule has 0 fully saturated rings. The number of hydrogen-bond acceptors (Lipinski definition) is 4. The van der Waals surface area contributed by atoms with Crippen molar-refractivity contribution in [1.29, 1.82) is 0 Å². The Kier molecular flexibility index (Phi) is 8.07. The van der Waals surface area contributed by atoms with E-state index in [1.807, 2.05) is 12.1 Å². The number of aliphatic hydroxyl groups excluding tert-OH is 1. The van der Waals surface area contributed by atoms with E-state index < -0.39 is 0 Å². The molecule has 0 heterocycles. The molecule has 0 bridgehead atoms. The molecule has 0 unspecified atom stereocenters. The SMILES string of the molecule is CC(C)CCOc1ccc(/C=C\C(=O)NCCCO)cc1N. The van der Waals surface area contributed by atoms with Gasteiger partial charge in [-0.2, -0.15) is 0 Å². The minimum atomic E-state index is -0.190. The van der Waals surface area contributed by atoms with Gasteiger partial charge in [0.05, 0.1) is 12.3 Å². The number of amides is 1. The first-order valence-corrected chi connectivity index (χ1v) is 7.62. The lowest BCUT2D eigenvalue weighted by Crippen LogP contribution is -2.22. The maximum absolute atomic E-state index is 11.5. The minimum Gasteiger partial charge on any atom is -0.491 e. The maximum Gasteiger partial charge on any atom is 0.244 e. The van der Waals surface area contributed by atoms with Crippen LogP contribution >= 0.6 is 0 Å². The topological polar surface area (TPSA) is 84.6 Å². The van der Waals surface area contributed by atoms with E-state index in [0.29, 0.717) is 36.9 Å². The minimum absolute atomic E-state index is 0.0683. The summed E-state index contributed by atoms with van der Waals surface area (Å²) in [6, 6.07) is 5.46. The largest absolute Gasteiger partial charge is 0.491 e. The Morgan fingerprint density at radius 1 is 1.45 bits per heavy atom. The highest BCUT2D eigenvalue weighted by Gasteiger charge is 2.02. The predicted octanol–water partition coefficient (Wildman–Crippen LogP) is 2.21. The third kappa shape index (κ3) is 7.13. The Morgan fingerprint density at radius 2 is 2.23 bits per heavy atom. The molecule has 122 valence electrons. The highest BCUT2D eigenvalue weighted by atomic mass is 16.5. The van der Waals surface area contributed by atoms with Crippen LogP contribution in [0.3, 0.4) is 0 Å². The molecule has 1 aromatic carbocycles. The van der Waals surface area contributed by atoms with Crippen LogP contribution in [-0.2, 0) is 4.79 Å². The van der Waals surface area contributed by atoms with E-state index in [1.165, 1.54) is 6.08 Å². The van der Waals surface area contributed by atoms with Crippen LogP contribution < -0.4 is 15.8 Å². The molecule has 0 saturated carbocycles. The number of anilines is 1. The average Bonchev–Trinajstić information content (AvgIpc) is 2.47. The van der Waals surface area contributed by atoms with Gasteiger partial charge in [-0.3, -0.25) is 4.79 Å². The van der Waals surface area contributed by atoms with Crippen LogP contribution in [0.25, 0.3) is 6.08 Å². The van der Waals surface area contributed by atoms with Crippen LogP contribution in [0.2, 0.25) is 0 Å². The molecule has 0 aliphatic rings. The maximum atomic E-state index is 11.5. The van der Waals surface area contributed by atoms with Crippen LogP contribution in [0.1, 0.15) is 32.3 Å². The summed E-state index contributed by atoms with van der Waals surface area (Å²) < 4.78 is 5.64. The van der Waals surface area contributed by atoms with Gasteiger partial charge in [-0.15, -0.1) is 0 Å². The fourth-order valence-electron chi connectivity index (χ4n) is 1.73. The van der Waals surface area contributed by atoms with Crippen molar-refractivity contribution < 1.29 is 14.6 Å². The van der Waals surface area contributed by atoms with Crippen molar-refractivity contribution in [1.82, 2.24) is 5.32 Å². The Bertz CT molecular complexity index is 499. The second kappa shape index (κ2) is 9.84. The van der Waals surface area contributed by atoms with E-state index >= 15 is 0 Å². The molecule has 0 aliphatic heterocycles. The molecule has 0 aromatic heterocycles. The molecular weight excluding hydrogens is 280 g/mol. The molecule has 0 saturated heterocycles. The number of carbonyl (C=O) groups is 1. The molecule has 0 spiro atoms. The summed E-state index contributed by atoms with van der Waals surface area (Å²) in [5.41, 5.74) is 7.36. The first kappa shape index (κ1) is 18.0. The molecule has 22 heavy (non-hydrogen) atoms. The summed E-state index contributed by atoms with van der Waals surface area (Å²) in [7, 11) is 0. The summed E-state index contributed by atoms with van der Waals surface area (Å²) in [5.74, 6) is 1.07. The Morgan fingerprint density at radius 3 is 2.86 bits per heavy atom. The van der Waals surface area contributed by atoms with Crippen molar-refractivity contribution in [3.05, 3.63) is 29.8 Å². The number of rotatable bonds is 9. The fourth-order valence-corrected chi connectivity index (χ4v) is 1.73. The number of nitrogen functional groups attached to an aromatic ring is 1. The first-order chi connectivity index (χ1) is 10.5. The molecule has 1 aromatic rings. The van der Waals surface area contributed by atoms with E-state index in [0.717, 1.165) is 12.0 Å². The van der Waals surface area contributed by atoms with Crippen LogP contribution in [0.4, 0.5) is 5.69 Å². The van der Waals surface area contributed by atoms with Crippen molar-refractivity contribution in [2.45, 2.75) is 26.7 Å². The van der Waals surface area contributed by atoms with Crippen molar-refractivity contribution in [3.63, 3.8) is 0 Å².